The first-order chi connectivity index (χ1) is 5.66. The summed E-state index contributed by atoms with van der Waals surface area (Å²) in [6.45, 7) is 1.87. The highest BCUT2D eigenvalue weighted by molar-refractivity contribution is 6.32. The molecule has 0 saturated carbocycles. The summed E-state index contributed by atoms with van der Waals surface area (Å²) >= 11 is 5.61. The number of halogens is 1. The standard InChI is InChI=1S/C8H8ClNO2/c1-2-5-3-4-10-7(9)6(5)8(11)12/h3-4H,2H2,1H3,(H,11,12). The van der Waals surface area contributed by atoms with Crippen molar-refractivity contribution in [1.82, 2.24) is 4.98 Å². The lowest BCUT2D eigenvalue weighted by Crippen LogP contribution is -2.03. The summed E-state index contributed by atoms with van der Waals surface area (Å²) in [4.78, 5) is 14.4. The van der Waals surface area contributed by atoms with Crippen molar-refractivity contribution in [3.05, 3.63) is 28.5 Å². The number of aromatic carboxylic acids is 1. The molecule has 0 aliphatic carbocycles. The molecule has 0 unspecified atom stereocenters. The average molecular weight is 186 g/mol. The Morgan fingerprint density at radius 2 is 2.42 bits per heavy atom. The second-order valence-corrected chi connectivity index (χ2v) is 2.65. The molecule has 0 spiro atoms. The number of hydrogen-bond acceptors (Lipinski definition) is 2. The predicted octanol–water partition coefficient (Wildman–Crippen LogP) is 2.00. The third kappa shape index (κ3) is 1.56. The van der Waals surface area contributed by atoms with Gasteiger partial charge in [0.05, 0.1) is 5.56 Å². The molecule has 1 rings (SSSR count). The van der Waals surface area contributed by atoms with E-state index in [4.69, 9.17) is 16.7 Å². The van der Waals surface area contributed by atoms with E-state index in [1.807, 2.05) is 6.92 Å². The van der Waals surface area contributed by atoms with Gasteiger partial charge in [0.25, 0.3) is 0 Å². The minimum absolute atomic E-state index is 0.0573. The zero-order valence-corrected chi connectivity index (χ0v) is 7.30. The summed E-state index contributed by atoms with van der Waals surface area (Å²) < 4.78 is 0. The van der Waals surface area contributed by atoms with Crippen molar-refractivity contribution in [3.63, 3.8) is 0 Å². The first-order valence-corrected chi connectivity index (χ1v) is 3.91. The van der Waals surface area contributed by atoms with Crippen LogP contribution in [0.2, 0.25) is 5.15 Å². The summed E-state index contributed by atoms with van der Waals surface area (Å²) in [6.07, 6.45) is 2.15. The summed E-state index contributed by atoms with van der Waals surface area (Å²) in [7, 11) is 0. The number of carboxylic acids is 1. The fourth-order valence-corrected chi connectivity index (χ4v) is 1.25. The molecule has 12 heavy (non-hydrogen) atoms. The molecule has 4 heteroatoms. The molecule has 0 radical (unpaired) electrons. The van der Waals surface area contributed by atoms with E-state index in [1.54, 1.807) is 6.07 Å². The van der Waals surface area contributed by atoms with Crippen molar-refractivity contribution < 1.29 is 9.90 Å². The summed E-state index contributed by atoms with van der Waals surface area (Å²) in [5.74, 6) is -1.02. The molecule has 0 atom stereocenters. The van der Waals surface area contributed by atoms with Gasteiger partial charge in [-0.05, 0) is 18.1 Å². The van der Waals surface area contributed by atoms with Gasteiger partial charge in [0.2, 0.25) is 0 Å². The zero-order chi connectivity index (χ0) is 9.14. The van der Waals surface area contributed by atoms with Crippen LogP contribution in [0.4, 0.5) is 0 Å². The zero-order valence-electron chi connectivity index (χ0n) is 6.54. The van der Waals surface area contributed by atoms with E-state index < -0.39 is 5.97 Å². The lowest BCUT2D eigenvalue weighted by atomic mass is 10.1. The Labute approximate surface area is 75.0 Å². The van der Waals surface area contributed by atoms with Crippen LogP contribution in [0, 0.1) is 0 Å². The number of carbonyl (C=O) groups is 1. The van der Waals surface area contributed by atoms with Crippen molar-refractivity contribution in [1.29, 1.82) is 0 Å². The van der Waals surface area contributed by atoms with Crippen molar-refractivity contribution in [2.24, 2.45) is 0 Å². The molecular weight excluding hydrogens is 178 g/mol. The van der Waals surface area contributed by atoms with Crippen LogP contribution in [0.3, 0.4) is 0 Å². The van der Waals surface area contributed by atoms with E-state index in [0.717, 1.165) is 0 Å². The Kier molecular flexibility index (Phi) is 2.65. The highest BCUT2D eigenvalue weighted by Crippen LogP contribution is 2.17. The van der Waals surface area contributed by atoms with Crippen LogP contribution in [0.25, 0.3) is 0 Å². The molecular formula is C8H8ClNO2. The van der Waals surface area contributed by atoms with Gasteiger partial charge in [-0.15, -0.1) is 0 Å². The number of carboxylic acid groups (broad SMARTS) is 1. The Balaban J connectivity index is 3.29. The van der Waals surface area contributed by atoms with E-state index in [9.17, 15) is 4.79 Å². The largest absolute Gasteiger partial charge is 0.478 e. The number of hydrogen-bond donors (Lipinski definition) is 1. The van der Waals surface area contributed by atoms with Crippen molar-refractivity contribution >= 4 is 17.6 Å². The SMILES string of the molecule is CCc1ccnc(Cl)c1C(=O)O. The molecule has 64 valence electrons. The first kappa shape index (κ1) is 9.00. The Bertz CT molecular complexity index is 312. The van der Waals surface area contributed by atoms with Crippen LogP contribution in [0.5, 0.6) is 0 Å². The van der Waals surface area contributed by atoms with Crippen molar-refractivity contribution in [2.45, 2.75) is 13.3 Å². The number of nitrogens with zero attached hydrogens (tertiary/aromatic N) is 1. The van der Waals surface area contributed by atoms with Crippen LogP contribution in [-0.2, 0) is 6.42 Å². The third-order valence-corrected chi connectivity index (χ3v) is 1.87. The summed E-state index contributed by atoms with van der Waals surface area (Å²) in [5.41, 5.74) is 0.823. The van der Waals surface area contributed by atoms with E-state index >= 15 is 0 Å². The summed E-state index contributed by atoms with van der Waals surface area (Å²) in [6, 6.07) is 1.66. The minimum atomic E-state index is -1.02. The van der Waals surface area contributed by atoms with E-state index in [2.05, 4.69) is 4.98 Å². The Morgan fingerprint density at radius 3 is 2.83 bits per heavy atom. The van der Waals surface area contributed by atoms with Gasteiger partial charge in [0.1, 0.15) is 5.15 Å². The van der Waals surface area contributed by atoms with Crippen LogP contribution in [0.15, 0.2) is 12.3 Å². The maximum Gasteiger partial charge on any atom is 0.339 e. The maximum absolute atomic E-state index is 10.7. The Hall–Kier alpha value is -1.09. The third-order valence-electron chi connectivity index (χ3n) is 1.59. The quantitative estimate of drug-likeness (QED) is 0.717. The van der Waals surface area contributed by atoms with Gasteiger partial charge in [0.15, 0.2) is 0 Å². The lowest BCUT2D eigenvalue weighted by Gasteiger charge is -2.02. The summed E-state index contributed by atoms with van der Waals surface area (Å²) in [5, 5.41) is 8.81. The fraction of sp³-hybridized carbons (Fsp3) is 0.250. The lowest BCUT2D eigenvalue weighted by molar-refractivity contribution is 0.0695. The van der Waals surface area contributed by atoms with Crippen LogP contribution >= 0.6 is 11.6 Å². The predicted molar refractivity (Wildman–Crippen MR) is 45.6 cm³/mol. The number of aryl methyl sites for hydroxylation is 1. The van der Waals surface area contributed by atoms with Gasteiger partial charge in [-0.2, -0.15) is 0 Å². The smallest absolute Gasteiger partial charge is 0.339 e. The van der Waals surface area contributed by atoms with E-state index in [0.29, 0.717) is 12.0 Å². The monoisotopic (exact) mass is 185 g/mol. The molecule has 0 saturated heterocycles. The molecule has 0 amide bonds. The number of rotatable bonds is 2. The number of pyridine rings is 1. The van der Waals surface area contributed by atoms with Crippen LogP contribution in [0.1, 0.15) is 22.8 Å². The highest BCUT2D eigenvalue weighted by Gasteiger charge is 2.13. The molecule has 3 nitrogen and oxygen atoms in total. The first-order valence-electron chi connectivity index (χ1n) is 3.53. The van der Waals surface area contributed by atoms with Gasteiger partial charge in [-0.1, -0.05) is 18.5 Å². The second-order valence-electron chi connectivity index (χ2n) is 2.29. The van der Waals surface area contributed by atoms with E-state index in [1.165, 1.54) is 6.20 Å². The second kappa shape index (κ2) is 3.54. The van der Waals surface area contributed by atoms with Crippen LogP contribution < -0.4 is 0 Å². The van der Waals surface area contributed by atoms with Crippen molar-refractivity contribution in [3.8, 4) is 0 Å². The molecule has 0 bridgehead atoms. The molecule has 0 aliphatic rings. The molecule has 1 aromatic rings. The van der Waals surface area contributed by atoms with Crippen molar-refractivity contribution in [2.75, 3.05) is 0 Å². The van der Waals surface area contributed by atoms with Gasteiger partial charge >= 0.3 is 5.97 Å². The normalized spacial score (nSPS) is 9.83. The van der Waals surface area contributed by atoms with Gasteiger partial charge < -0.3 is 5.11 Å². The van der Waals surface area contributed by atoms with Gasteiger partial charge in [-0.3, -0.25) is 0 Å². The molecule has 0 aromatic carbocycles. The molecule has 1 heterocycles. The highest BCUT2D eigenvalue weighted by atomic mass is 35.5. The minimum Gasteiger partial charge on any atom is -0.478 e. The van der Waals surface area contributed by atoms with Gasteiger partial charge in [-0.25, -0.2) is 9.78 Å². The van der Waals surface area contributed by atoms with Gasteiger partial charge in [0, 0.05) is 6.20 Å². The molecule has 0 fully saturated rings. The molecule has 1 aromatic heterocycles. The van der Waals surface area contributed by atoms with E-state index in [-0.39, 0.29) is 10.7 Å². The fourth-order valence-electron chi connectivity index (χ4n) is 0.993. The maximum atomic E-state index is 10.7. The average Bonchev–Trinajstić information content (AvgIpc) is 2.03. The molecule has 1 N–H and O–H groups in total. The molecule has 0 aliphatic heterocycles. The number of aromatic nitrogens is 1. The topological polar surface area (TPSA) is 50.2 Å². The Morgan fingerprint density at radius 1 is 1.75 bits per heavy atom. The van der Waals surface area contributed by atoms with Crippen LogP contribution in [-0.4, -0.2) is 16.1 Å².